The van der Waals surface area contributed by atoms with Gasteiger partial charge in [-0.2, -0.15) is 5.10 Å². The summed E-state index contributed by atoms with van der Waals surface area (Å²) in [5, 5.41) is 12.6. The Kier molecular flexibility index (Phi) is 2.70. The van der Waals surface area contributed by atoms with Crippen LogP contribution in [0.25, 0.3) is 0 Å². The number of carboxylic acids is 1. The van der Waals surface area contributed by atoms with Gasteiger partial charge >= 0.3 is 5.97 Å². The third-order valence-corrected chi connectivity index (χ3v) is 1.74. The number of aromatic carboxylic acids is 1. The van der Waals surface area contributed by atoms with E-state index in [0.717, 1.165) is 0 Å². The third kappa shape index (κ3) is 1.88. The molecule has 4 nitrogen and oxygen atoms in total. The van der Waals surface area contributed by atoms with E-state index < -0.39 is 5.97 Å². The molecule has 4 heteroatoms. The Morgan fingerprint density at radius 2 is 2.46 bits per heavy atom. The highest BCUT2D eigenvalue weighted by atomic mass is 16.4. The molecule has 0 spiro atoms. The Hall–Kier alpha value is -1.76. The van der Waals surface area contributed by atoms with Crippen molar-refractivity contribution in [1.82, 2.24) is 9.78 Å². The van der Waals surface area contributed by atoms with Crippen molar-refractivity contribution in [1.29, 1.82) is 0 Å². The van der Waals surface area contributed by atoms with Gasteiger partial charge < -0.3 is 5.11 Å². The van der Waals surface area contributed by atoms with Crippen molar-refractivity contribution in [3.63, 3.8) is 0 Å². The molecule has 0 bridgehead atoms. The maximum absolute atomic E-state index is 10.6. The lowest BCUT2D eigenvalue weighted by atomic mass is 10.3. The van der Waals surface area contributed by atoms with E-state index in [1.54, 1.807) is 18.5 Å². The number of carboxylic acid groups (broad SMARTS) is 1. The molecule has 13 heavy (non-hydrogen) atoms. The highest BCUT2D eigenvalue weighted by molar-refractivity contribution is 5.88. The molecular formula is C9H10N2O2. The summed E-state index contributed by atoms with van der Waals surface area (Å²) in [5.41, 5.74) is 0.869. The molecule has 0 aliphatic rings. The minimum atomic E-state index is -0.951. The molecular weight excluding hydrogens is 168 g/mol. The maximum atomic E-state index is 10.6. The third-order valence-electron chi connectivity index (χ3n) is 1.74. The van der Waals surface area contributed by atoms with Crippen LogP contribution in [0.1, 0.15) is 23.0 Å². The summed E-state index contributed by atoms with van der Waals surface area (Å²) in [6.45, 7) is 3.89. The van der Waals surface area contributed by atoms with Gasteiger partial charge in [0.15, 0.2) is 0 Å². The molecule has 1 heterocycles. The number of carbonyl (C=O) groups is 1. The molecule has 0 fully saturated rings. The number of aromatic nitrogens is 2. The summed E-state index contributed by atoms with van der Waals surface area (Å²) in [6.07, 6.45) is 1.34. The lowest BCUT2D eigenvalue weighted by Gasteiger charge is -1.97. The van der Waals surface area contributed by atoms with E-state index in [2.05, 4.69) is 16.9 Å². The predicted molar refractivity (Wildman–Crippen MR) is 47.4 cm³/mol. The van der Waals surface area contributed by atoms with Crippen molar-refractivity contribution in [3.8, 4) is 11.8 Å². The van der Waals surface area contributed by atoms with Gasteiger partial charge in [0.25, 0.3) is 0 Å². The molecule has 68 valence electrons. The average Bonchev–Trinajstić information content (AvgIpc) is 2.43. The summed E-state index contributed by atoms with van der Waals surface area (Å²) in [5.74, 6) is 4.59. The molecule has 1 N–H and O–H groups in total. The predicted octanol–water partition coefficient (Wildman–Crippen LogP) is 0.913. The SMILES string of the molecule is CC#CCn1ncc(C(=O)O)c1C. The largest absolute Gasteiger partial charge is 0.478 e. The fraction of sp³-hybridized carbons (Fsp3) is 0.333. The number of hydrogen-bond acceptors (Lipinski definition) is 2. The molecule has 0 amide bonds. The van der Waals surface area contributed by atoms with Gasteiger partial charge in [-0.1, -0.05) is 5.92 Å². The average molecular weight is 178 g/mol. The quantitative estimate of drug-likeness (QED) is 0.685. The van der Waals surface area contributed by atoms with Crippen LogP contribution in [0.3, 0.4) is 0 Å². The molecule has 0 radical (unpaired) electrons. The summed E-state index contributed by atoms with van der Waals surface area (Å²) in [4.78, 5) is 10.6. The zero-order chi connectivity index (χ0) is 9.84. The van der Waals surface area contributed by atoms with E-state index in [-0.39, 0.29) is 5.56 Å². The van der Waals surface area contributed by atoms with E-state index in [4.69, 9.17) is 5.11 Å². The molecule has 0 saturated heterocycles. The lowest BCUT2D eigenvalue weighted by Crippen LogP contribution is -2.03. The first-order chi connectivity index (χ1) is 6.16. The highest BCUT2D eigenvalue weighted by Gasteiger charge is 2.11. The van der Waals surface area contributed by atoms with Gasteiger partial charge in [0.1, 0.15) is 12.1 Å². The van der Waals surface area contributed by atoms with Gasteiger partial charge in [0.2, 0.25) is 0 Å². The second-order valence-corrected chi connectivity index (χ2v) is 2.53. The van der Waals surface area contributed by atoms with Crippen LogP contribution in [0, 0.1) is 18.8 Å². The number of rotatable bonds is 2. The first-order valence-electron chi connectivity index (χ1n) is 3.82. The smallest absolute Gasteiger partial charge is 0.339 e. The van der Waals surface area contributed by atoms with Crippen molar-refractivity contribution < 1.29 is 9.90 Å². The van der Waals surface area contributed by atoms with Crippen molar-refractivity contribution in [2.24, 2.45) is 0 Å². The van der Waals surface area contributed by atoms with Gasteiger partial charge in [-0.3, -0.25) is 4.68 Å². The van der Waals surface area contributed by atoms with Gasteiger partial charge in [-0.15, -0.1) is 5.92 Å². The van der Waals surface area contributed by atoms with Crippen molar-refractivity contribution >= 4 is 5.97 Å². The fourth-order valence-electron chi connectivity index (χ4n) is 0.970. The molecule has 0 aromatic carbocycles. The van der Waals surface area contributed by atoms with E-state index in [1.807, 2.05) is 0 Å². The minimum absolute atomic E-state index is 0.234. The summed E-state index contributed by atoms with van der Waals surface area (Å²) in [7, 11) is 0. The first-order valence-corrected chi connectivity index (χ1v) is 3.82. The van der Waals surface area contributed by atoms with Crippen LogP contribution in [-0.2, 0) is 6.54 Å². The van der Waals surface area contributed by atoms with Crippen molar-refractivity contribution in [2.45, 2.75) is 20.4 Å². The molecule has 0 aliphatic heterocycles. The molecule has 1 aromatic heterocycles. The topological polar surface area (TPSA) is 55.1 Å². The van der Waals surface area contributed by atoms with Crippen LogP contribution in [0.4, 0.5) is 0 Å². The van der Waals surface area contributed by atoms with E-state index >= 15 is 0 Å². The van der Waals surface area contributed by atoms with Gasteiger partial charge in [0, 0.05) is 0 Å². The molecule has 0 saturated carbocycles. The Labute approximate surface area is 76.2 Å². The number of nitrogens with zero attached hydrogens (tertiary/aromatic N) is 2. The lowest BCUT2D eigenvalue weighted by molar-refractivity contribution is 0.0696. The summed E-state index contributed by atoms with van der Waals surface area (Å²) in [6, 6.07) is 0. The number of hydrogen-bond donors (Lipinski definition) is 1. The normalized spacial score (nSPS) is 9.08. The Bertz CT molecular complexity index is 382. The van der Waals surface area contributed by atoms with Gasteiger partial charge in [-0.25, -0.2) is 4.79 Å². The van der Waals surface area contributed by atoms with Crippen LogP contribution in [0.15, 0.2) is 6.20 Å². The second-order valence-electron chi connectivity index (χ2n) is 2.53. The fourth-order valence-corrected chi connectivity index (χ4v) is 0.970. The zero-order valence-electron chi connectivity index (χ0n) is 7.53. The Balaban J connectivity index is 2.97. The Morgan fingerprint density at radius 3 is 2.92 bits per heavy atom. The Morgan fingerprint density at radius 1 is 1.77 bits per heavy atom. The first kappa shape index (κ1) is 9.33. The molecule has 0 aliphatic carbocycles. The van der Waals surface area contributed by atoms with Crippen molar-refractivity contribution in [2.75, 3.05) is 0 Å². The van der Waals surface area contributed by atoms with Gasteiger partial charge in [-0.05, 0) is 13.8 Å². The van der Waals surface area contributed by atoms with Crippen LogP contribution in [0.2, 0.25) is 0 Å². The molecule has 1 rings (SSSR count). The standard InChI is InChI=1S/C9H10N2O2/c1-3-4-5-11-7(2)8(6-10-11)9(12)13/h6H,5H2,1-2H3,(H,12,13). The van der Waals surface area contributed by atoms with Gasteiger partial charge in [0.05, 0.1) is 11.9 Å². The van der Waals surface area contributed by atoms with Crippen LogP contribution < -0.4 is 0 Å². The van der Waals surface area contributed by atoms with Crippen molar-refractivity contribution in [3.05, 3.63) is 17.5 Å². The zero-order valence-corrected chi connectivity index (χ0v) is 7.53. The van der Waals surface area contributed by atoms with E-state index in [0.29, 0.717) is 12.2 Å². The maximum Gasteiger partial charge on any atom is 0.339 e. The van der Waals surface area contributed by atoms with Crippen LogP contribution >= 0.6 is 0 Å². The second kappa shape index (κ2) is 3.76. The van der Waals surface area contributed by atoms with Crippen LogP contribution in [-0.4, -0.2) is 20.9 Å². The molecule has 0 unspecified atom stereocenters. The highest BCUT2D eigenvalue weighted by Crippen LogP contribution is 2.05. The minimum Gasteiger partial charge on any atom is -0.478 e. The monoisotopic (exact) mass is 178 g/mol. The molecule has 0 atom stereocenters. The van der Waals surface area contributed by atoms with E-state index in [9.17, 15) is 4.79 Å². The summed E-state index contributed by atoms with van der Waals surface area (Å²) >= 11 is 0. The molecule has 1 aromatic rings. The van der Waals surface area contributed by atoms with Crippen LogP contribution in [0.5, 0.6) is 0 Å². The van der Waals surface area contributed by atoms with E-state index in [1.165, 1.54) is 6.20 Å². The summed E-state index contributed by atoms with van der Waals surface area (Å²) < 4.78 is 1.57.